The van der Waals surface area contributed by atoms with Crippen LogP contribution in [0.15, 0.2) is 65.4 Å². The van der Waals surface area contributed by atoms with Crippen molar-refractivity contribution < 1.29 is 22.7 Å². The van der Waals surface area contributed by atoms with E-state index in [0.29, 0.717) is 5.69 Å². The molecular weight excluding hydrogens is 386 g/mol. The van der Waals surface area contributed by atoms with Gasteiger partial charge in [-0.05, 0) is 35.7 Å². The molecule has 0 N–H and O–H groups in total. The summed E-state index contributed by atoms with van der Waals surface area (Å²) in [4.78, 5) is 26.8. The Labute approximate surface area is 161 Å². The van der Waals surface area contributed by atoms with Gasteiger partial charge in [0.05, 0.1) is 11.8 Å². The molecule has 0 spiro atoms. The SMILES string of the molecule is O=C(/C=C/c1cccs1)OCC(=O)N(c1ccccc1)[C@@H]1C=CS(=O)(=O)C1. The van der Waals surface area contributed by atoms with E-state index in [1.165, 1.54) is 28.4 Å². The van der Waals surface area contributed by atoms with Gasteiger partial charge in [-0.1, -0.05) is 24.3 Å². The Balaban J connectivity index is 1.68. The van der Waals surface area contributed by atoms with Crippen LogP contribution >= 0.6 is 11.3 Å². The average Bonchev–Trinajstić information content (AvgIpc) is 3.29. The number of rotatable bonds is 6. The van der Waals surface area contributed by atoms with Crippen LogP contribution in [-0.4, -0.2) is 38.7 Å². The number of anilines is 1. The minimum atomic E-state index is -3.34. The van der Waals surface area contributed by atoms with Crippen LogP contribution in [0, 0.1) is 0 Å². The maximum atomic E-state index is 12.7. The van der Waals surface area contributed by atoms with Crippen LogP contribution < -0.4 is 4.90 Å². The molecule has 3 rings (SSSR count). The van der Waals surface area contributed by atoms with Gasteiger partial charge in [0.25, 0.3) is 5.91 Å². The van der Waals surface area contributed by atoms with E-state index >= 15 is 0 Å². The number of esters is 1. The number of amides is 1. The fourth-order valence-electron chi connectivity index (χ4n) is 2.62. The molecule has 1 aliphatic heterocycles. The van der Waals surface area contributed by atoms with E-state index in [-0.39, 0.29) is 5.75 Å². The minimum absolute atomic E-state index is 0.195. The predicted molar refractivity (Wildman–Crippen MR) is 105 cm³/mol. The van der Waals surface area contributed by atoms with Gasteiger partial charge in [-0.3, -0.25) is 4.79 Å². The van der Waals surface area contributed by atoms with Crippen LogP contribution in [0.3, 0.4) is 0 Å². The van der Waals surface area contributed by atoms with Gasteiger partial charge in [0, 0.05) is 22.0 Å². The lowest BCUT2D eigenvalue weighted by Crippen LogP contribution is -2.43. The molecule has 140 valence electrons. The topological polar surface area (TPSA) is 80.8 Å². The van der Waals surface area contributed by atoms with Gasteiger partial charge >= 0.3 is 5.97 Å². The van der Waals surface area contributed by atoms with Gasteiger partial charge in [-0.2, -0.15) is 0 Å². The van der Waals surface area contributed by atoms with Gasteiger partial charge in [0.1, 0.15) is 0 Å². The number of hydrogen-bond donors (Lipinski definition) is 0. The number of nitrogens with zero attached hydrogens (tertiary/aromatic N) is 1. The minimum Gasteiger partial charge on any atom is -0.452 e. The number of sulfone groups is 1. The second-order valence-electron chi connectivity index (χ2n) is 5.78. The predicted octanol–water partition coefficient (Wildman–Crippen LogP) is 2.65. The zero-order valence-electron chi connectivity index (χ0n) is 14.2. The van der Waals surface area contributed by atoms with Crippen molar-refractivity contribution in [3.8, 4) is 0 Å². The summed E-state index contributed by atoms with van der Waals surface area (Å²) in [7, 11) is -3.34. The Kier molecular flexibility index (Phi) is 5.88. The molecule has 27 heavy (non-hydrogen) atoms. The maximum Gasteiger partial charge on any atom is 0.331 e. The van der Waals surface area contributed by atoms with Crippen molar-refractivity contribution in [2.45, 2.75) is 6.04 Å². The van der Waals surface area contributed by atoms with Crippen LogP contribution in [0.2, 0.25) is 0 Å². The van der Waals surface area contributed by atoms with Crippen molar-refractivity contribution in [1.29, 1.82) is 0 Å². The van der Waals surface area contributed by atoms with Crippen LogP contribution in [0.4, 0.5) is 5.69 Å². The van der Waals surface area contributed by atoms with Crippen LogP contribution in [0.5, 0.6) is 0 Å². The summed E-state index contributed by atoms with van der Waals surface area (Å²) in [6.45, 7) is -0.479. The Bertz CT molecular complexity index is 963. The first-order chi connectivity index (χ1) is 12.9. The monoisotopic (exact) mass is 403 g/mol. The summed E-state index contributed by atoms with van der Waals surface area (Å²) in [5, 5.41) is 2.99. The molecular formula is C19H17NO5S2. The molecule has 1 aliphatic rings. The van der Waals surface area contributed by atoms with E-state index in [4.69, 9.17) is 4.74 Å². The molecule has 1 atom stereocenters. The fourth-order valence-corrected chi connectivity index (χ4v) is 4.50. The van der Waals surface area contributed by atoms with Gasteiger partial charge in [-0.25, -0.2) is 13.2 Å². The lowest BCUT2D eigenvalue weighted by Gasteiger charge is -2.27. The number of hydrogen-bond acceptors (Lipinski definition) is 6. The van der Waals surface area contributed by atoms with E-state index in [0.717, 1.165) is 10.3 Å². The highest BCUT2D eigenvalue weighted by molar-refractivity contribution is 7.94. The quantitative estimate of drug-likeness (QED) is 0.547. The third kappa shape index (κ3) is 5.15. The summed E-state index contributed by atoms with van der Waals surface area (Å²) in [5.74, 6) is -1.33. The van der Waals surface area contributed by atoms with E-state index in [1.54, 1.807) is 36.4 Å². The lowest BCUT2D eigenvalue weighted by molar-refractivity contribution is -0.143. The Morgan fingerprint density at radius 2 is 1.96 bits per heavy atom. The highest BCUT2D eigenvalue weighted by atomic mass is 32.2. The smallest absolute Gasteiger partial charge is 0.331 e. The van der Waals surface area contributed by atoms with Crippen molar-refractivity contribution in [3.05, 3.63) is 70.3 Å². The molecule has 0 unspecified atom stereocenters. The van der Waals surface area contributed by atoms with Crippen molar-refractivity contribution in [2.75, 3.05) is 17.3 Å². The van der Waals surface area contributed by atoms with Crippen LogP contribution in [-0.2, 0) is 24.2 Å². The molecule has 1 aromatic carbocycles. The molecule has 0 radical (unpaired) electrons. The van der Waals surface area contributed by atoms with Crippen molar-refractivity contribution in [1.82, 2.24) is 0 Å². The molecule has 0 saturated carbocycles. The number of ether oxygens (including phenoxy) is 1. The largest absolute Gasteiger partial charge is 0.452 e. The Morgan fingerprint density at radius 3 is 2.59 bits per heavy atom. The van der Waals surface area contributed by atoms with E-state index < -0.39 is 34.4 Å². The average molecular weight is 403 g/mol. The fraction of sp³-hybridized carbons (Fsp3) is 0.158. The summed E-state index contributed by atoms with van der Waals surface area (Å²) in [6.07, 6.45) is 4.34. The molecule has 0 aliphatic carbocycles. The van der Waals surface area contributed by atoms with Crippen molar-refractivity contribution in [3.63, 3.8) is 0 Å². The van der Waals surface area contributed by atoms with Gasteiger partial charge in [-0.15, -0.1) is 11.3 Å². The second kappa shape index (κ2) is 8.32. The van der Waals surface area contributed by atoms with Crippen LogP contribution in [0.1, 0.15) is 4.88 Å². The third-order valence-corrected chi connectivity index (χ3v) is 6.03. The molecule has 2 heterocycles. The second-order valence-corrected chi connectivity index (χ2v) is 8.69. The van der Waals surface area contributed by atoms with E-state index in [9.17, 15) is 18.0 Å². The molecule has 8 heteroatoms. The number of thiophene rings is 1. The normalized spacial score (nSPS) is 17.9. The standard InChI is InChI=1S/C19H17NO5S2/c21-18(13-25-19(22)9-8-17-7-4-11-26-17)20(15-5-2-1-3-6-15)16-10-12-27(23,24)14-16/h1-12,16H,13-14H2/b9-8+/t16-/m1/s1. The van der Waals surface area contributed by atoms with Gasteiger partial charge < -0.3 is 9.64 Å². The van der Waals surface area contributed by atoms with Gasteiger partial charge in [0.15, 0.2) is 16.4 Å². The summed E-state index contributed by atoms with van der Waals surface area (Å²) >= 11 is 1.47. The zero-order valence-corrected chi connectivity index (χ0v) is 15.9. The molecule has 6 nitrogen and oxygen atoms in total. The van der Waals surface area contributed by atoms with Crippen LogP contribution in [0.25, 0.3) is 6.08 Å². The summed E-state index contributed by atoms with van der Waals surface area (Å²) < 4.78 is 28.5. The third-order valence-electron chi connectivity index (χ3n) is 3.81. The first-order valence-corrected chi connectivity index (χ1v) is 10.7. The Morgan fingerprint density at radius 1 is 1.19 bits per heavy atom. The summed E-state index contributed by atoms with van der Waals surface area (Å²) in [6, 6.07) is 11.8. The molecule has 0 saturated heterocycles. The number of benzene rings is 1. The first-order valence-electron chi connectivity index (χ1n) is 8.11. The van der Waals surface area contributed by atoms with E-state index in [1.807, 2.05) is 17.5 Å². The Hall–Kier alpha value is -2.71. The highest BCUT2D eigenvalue weighted by Crippen LogP contribution is 2.22. The summed E-state index contributed by atoms with van der Waals surface area (Å²) in [5.41, 5.74) is 0.541. The highest BCUT2D eigenvalue weighted by Gasteiger charge is 2.31. The molecule has 0 fully saturated rings. The van der Waals surface area contributed by atoms with Gasteiger partial charge in [0.2, 0.25) is 0 Å². The van der Waals surface area contributed by atoms with Crippen molar-refractivity contribution in [2.24, 2.45) is 0 Å². The molecule has 1 aromatic heterocycles. The maximum absolute atomic E-state index is 12.7. The lowest BCUT2D eigenvalue weighted by atomic mass is 10.2. The zero-order chi connectivity index (χ0) is 19.3. The number of carbonyl (C=O) groups excluding carboxylic acids is 2. The number of para-hydroxylation sites is 1. The molecule has 2 aromatic rings. The molecule has 1 amide bonds. The van der Waals surface area contributed by atoms with Crippen molar-refractivity contribution >= 4 is 44.8 Å². The van der Waals surface area contributed by atoms with E-state index in [2.05, 4.69) is 0 Å². The first kappa shape index (κ1) is 19.1. The molecule has 0 bridgehead atoms. The number of carbonyl (C=O) groups is 2.